The van der Waals surface area contributed by atoms with Crippen LogP contribution >= 0.6 is 0 Å². The smallest absolute Gasteiger partial charge is 0.329 e. The zero-order valence-corrected chi connectivity index (χ0v) is 17.0. The zero-order chi connectivity index (χ0) is 20.9. The molecule has 0 aliphatic carbocycles. The third kappa shape index (κ3) is 5.51. The molecule has 1 atom stereocenters. The van der Waals surface area contributed by atoms with Gasteiger partial charge in [-0.15, -0.1) is 0 Å². The zero-order valence-electron chi connectivity index (χ0n) is 16.1. The van der Waals surface area contributed by atoms with Gasteiger partial charge in [0.15, 0.2) is 5.62 Å². The lowest BCUT2D eigenvalue weighted by molar-refractivity contribution is -0.153. The molecule has 1 saturated heterocycles. The minimum Gasteiger partial charge on any atom is -0.459 e. The number of rotatable bonds is 8. The first-order valence-electron chi connectivity index (χ1n) is 9.29. The predicted molar refractivity (Wildman–Crippen MR) is 112 cm³/mol. The second kappa shape index (κ2) is 9.00. The summed E-state index contributed by atoms with van der Waals surface area (Å²) in [7, 11) is -3.05. The van der Waals surface area contributed by atoms with Gasteiger partial charge in [-0.1, -0.05) is 42.5 Å². The van der Waals surface area contributed by atoms with E-state index in [9.17, 15) is 18.6 Å². The number of likely N-dealkylation sites (tertiary alicyclic amines) is 1. The number of thiol groups is 1. The van der Waals surface area contributed by atoms with E-state index < -0.39 is 22.1 Å². The predicted octanol–water partition coefficient (Wildman–Crippen LogP) is 2.08. The lowest BCUT2D eigenvalue weighted by atomic mass is 10.2. The summed E-state index contributed by atoms with van der Waals surface area (Å²) < 4.78 is 19.9. The number of benzene rings is 2. The summed E-state index contributed by atoms with van der Waals surface area (Å²) in [5.41, 5.74) is 2.67. The van der Waals surface area contributed by atoms with Crippen LogP contribution in [0.3, 0.4) is 0 Å². The quantitative estimate of drug-likeness (QED) is 0.391. The molecule has 0 saturated carbocycles. The molecule has 1 aliphatic rings. The third-order valence-electron chi connectivity index (χ3n) is 4.68. The van der Waals surface area contributed by atoms with E-state index in [4.69, 9.17) is 4.74 Å². The van der Waals surface area contributed by atoms with Crippen LogP contribution in [-0.2, 0) is 42.4 Å². The fraction of sp³-hybridized carbons (Fsp3) is 0.286. The van der Waals surface area contributed by atoms with Gasteiger partial charge in [-0.3, -0.25) is 13.8 Å². The summed E-state index contributed by atoms with van der Waals surface area (Å²) in [5, 5.41) is 0. The van der Waals surface area contributed by atoms with Crippen molar-refractivity contribution in [3.63, 3.8) is 0 Å². The fourth-order valence-electron chi connectivity index (χ4n) is 3.17. The molecule has 0 bridgehead atoms. The first kappa shape index (κ1) is 20.7. The molecular weight excluding hydrogens is 392 g/mol. The molecule has 0 radical (unpaired) electrons. The van der Waals surface area contributed by atoms with Crippen LogP contribution in [0.5, 0.6) is 0 Å². The molecule has 0 spiro atoms. The fourth-order valence-corrected chi connectivity index (χ4v) is 3.88. The van der Waals surface area contributed by atoms with Gasteiger partial charge in [-0.2, -0.15) is 0 Å². The van der Waals surface area contributed by atoms with E-state index in [-0.39, 0.29) is 12.5 Å². The van der Waals surface area contributed by atoms with Crippen molar-refractivity contribution in [2.75, 3.05) is 11.0 Å². The molecule has 3 rings (SSSR count). The van der Waals surface area contributed by atoms with Crippen LogP contribution in [0, 0.1) is 0 Å². The Balaban J connectivity index is 1.57. The second-order valence-electron chi connectivity index (χ2n) is 7.07. The first-order chi connectivity index (χ1) is 13.9. The van der Waals surface area contributed by atoms with Crippen LogP contribution in [0.1, 0.15) is 24.0 Å². The van der Waals surface area contributed by atoms with Gasteiger partial charge in [0.25, 0.3) is 0 Å². The summed E-state index contributed by atoms with van der Waals surface area (Å²) in [6.07, 6.45) is 2.13. The van der Waals surface area contributed by atoms with Crippen LogP contribution in [0.15, 0.2) is 54.6 Å². The molecular formula is C21H24N2O5S. The molecule has 1 N–H and O–H groups in total. The summed E-state index contributed by atoms with van der Waals surface area (Å²) in [6.45, 7) is 0.452. The SMILES string of the molecule is C[SH](=O)(C=O)Nc1ccc(COC(=O)[C@@H]2CCC(=O)N2Cc2ccccc2)cc1. The maximum atomic E-state index is 12.6. The highest BCUT2D eigenvalue weighted by molar-refractivity contribution is 8.15. The number of nitrogens with zero attached hydrogens (tertiary/aromatic N) is 1. The Morgan fingerprint density at radius 1 is 1.17 bits per heavy atom. The lowest BCUT2D eigenvalue weighted by Gasteiger charge is -2.23. The Morgan fingerprint density at radius 2 is 1.86 bits per heavy atom. The highest BCUT2D eigenvalue weighted by Crippen LogP contribution is 2.23. The monoisotopic (exact) mass is 416 g/mol. The molecule has 8 heteroatoms. The molecule has 2 aromatic rings. The number of amides is 1. The Labute approximate surface area is 170 Å². The topological polar surface area (TPSA) is 92.8 Å². The van der Waals surface area contributed by atoms with Crippen LogP contribution in [-0.4, -0.2) is 38.9 Å². The van der Waals surface area contributed by atoms with Gasteiger partial charge < -0.3 is 14.4 Å². The molecule has 0 unspecified atom stereocenters. The number of carbonyl (C=O) groups excluding carboxylic acids is 3. The van der Waals surface area contributed by atoms with E-state index in [1.165, 1.54) is 6.26 Å². The number of hydrogen-bond donors (Lipinski definition) is 2. The van der Waals surface area contributed by atoms with Gasteiger partial charge in [-0.25, -0.2) is 4.79 Å². The van der Waals surface area contributed by atoms with Crippen molar-refractivity contribution in [1.82, 2.24) is 4.90 Å². The Morgan fingerprint density at radius 3 is 2.52 bits per heavy atom. The molecule has 7 nitrogen and oxygen atoms in total. The standard InChI is InChI=1S/C21H24N2O5S/c1-29(27,15-24)22-18-9-7-17(8-10-18)14-28-21(26)19-11-12-20(25)23(19)13-16-5-3-2-4-6-16/h2-10,15,19,29H,11-14H2,1H3,(H,22,27)/t19-/m0/s1. The Hall–Kier alpha value is -3.00. The average Bonchev–Trinajstić information content (AvgIpc) is 3.08. The van der Waals surface area contributed by atoms with Crippen molar-refractivity contribution >= 4 is 33.3 Å². The Bertz CT molecular complexity index is 930. The van der Waals surface area contributed by atoms with Crippen LogP contribution in [0.2, 0.25) is 0 Å². The largest absolute Gasteiger partial charge is 0.459 e. The summed E-state index contributed by atoms with van der Waals surface area (Å²) in [4.78, 5) is 37.1. The van der Waals surface area contributed by atoms with E-state index >= 15 is 0 Å². The maximum absolute atomic E-state index is 12.6. The first-order valence-corrected chi connectivity index (χ1v) is 11.5. The molecule has 1 amide bonds. The molecule has 1 fully saturated rings. The van der Waals surface area contributed by atoms with Crippen molar-refractivity contribution in [2.45, 2.75) is 32.0 Å². The minimum absolute atomic E-state index is 0.0506. The second-order valence-corrected chi connectivity index (χ2v) is 9.49. The van der Waals surface area contributed by atoms with Crippen molar-refractivity contribution in [2.24, 2.45) is 0 Å². The number of nitrogens with one attached hydrogen (secondary N) is 1. The number of esters is 1. The van der Waals surface area contributed by atoms with Crippen molar-refractivity contribution < 1.29 is 23.3 Å². The van der Waals surface area contributed by atoms with Gasteiger partial charge in [0, 0.05) is 35.0 Å². The molecule has 29 heavy (non-hydrogen) atoms. The molecule has 0 aromatic heterocycles. The maximum Gasteiger partial charge on any atom is 0.329 e. The Kier molecular flexibility index (Phi) is 6.43. The van der Waals surface area contributed by atoms with Gasteiger partial charge in [0.05, 0.1) is 0 Å². The highest BCUT2D eigenvalue weighted by Gasteiger charge is 2.37. The summed E-state index contributed by atoms with van der Waals surface area (Å²) in [5.74, 6) is -0.474. The normalized spacial score (nSPS) is 17.1. The van der Waals surface area contributed by atoms with E-state index in [1.54, 1.807) is 29.2 Å². The molecule has 2 aromatic carbocycles. The van der Waals surface area contributed by atoms with Crippen molar-refractivity contribution in [3.05, 3.63) is 65.7 Å². The van der Waals surface area contributed by atoms with Crippen LogP contribution < -0.4 is 4.72 Å². The van der Waals surface area contributed by atoms with E-state index in [1.807, 2.05) is 30.3 Å². The van der Waals surface area contributed by atoms with E-state index in [0.717, 1.165) is 11.1 Å². The van der Waals surface area contributed by atoms with Crippen LogP contribution in [0.25, 0.3) is 0 Å². The summed E-state index contributed by atoms with van der Waals surface area (Å²) >= 11 is 0. The van der Waals surface area contributed by atoms with Gasteiger partial charge in [-0.05, 0) is 29.7 Å². The number of carbonyl (C=O) groups is 3. The van der Waals surface area contributed by atoms with Crippen molar-refractivity contribution in [1.29, 1.82) is 0 Å². The minimum atomic E-state index is -3.05. The third-order valence-corrected chi connectivity index (χ3v) is 5.79. The number of hydrogen-bond acceptors (Lipinski definition) is 5. The van der Waals surface area contributed by atoms with E-state index in [0.29, 0.717) is 30.7 Å². The number of ether oxygens (including phenoxy) is 1. The van der Waals surface area contributed by atoms with E-state index in [2.05, 4.69) is 4.72 Å². The lowest BCUT2D eigenvalue weighted by Crippen LogP contribution is -2.39. The molecule has 1 heterocycles. The van der Waals surface area contributed by atoms with Crippen LogP contribution in [0.4, 0.5) is 5.69 Å². The van der Waals surface area contributed by atoms with Gasteiger partial charge in [0.1, 0.15) is 12.6 Å². The number of anilines is 1. The average molecular weight is 416 g/mol. The van der Waals surface area contributed by atoms with Gasteiger partial charge in [0.2, 0.25) is 5.91 Å². The highest BCUT2D eigenvalue weighted by atomic mass is 32.3. The summed E-state index contributed by atoms with van der Waals surface area (Å²) in [6, 6.07) is 15.7. The van der Waals surface area contributed by atoms with Gasteiger partial charge >= 0.3 is 5.97 Å². The molecule has 1 aliphatic heterocycles. The van der Waals surface area contributed by atoms with Crippen molar-refractivity contribution in [3.8, 4) is 0 Å². The molecule has 154 valence electrons.